The van der Waals surface area contributed by atoms with E-state index < -0.39 is 23.7 Å². The van der Waals surface area contributed by atoms with Gasteiger partial charge in [0, 0.05) is 0 Å². The first-order valence-electron chi connectivity index (χ1n) is 7.13. The van der Waals surface area contributed by atoms with Crippen LogP contribution >= 0.6 is 27.5 Å². The minimum Gasteiger partial charge on any atom is -0.505 e. The lowest BCUT2D eigenvalue weighted by Crippen LogP contribution is -2.54. The second-order valence-electron chi connectivity index (χ2n) is 5.27. The molecule has 0 saturated carbocycles. The van der Waals surface area contributed by atoms with E-state index in [1.165, 1.54) is 30.3 Å². The number of halogens is 3. The van der Waals surface area contributed by atoms with Gasteiger partial charge in [-0.15, -0.1) is 0 Å². The Balaban J connectivity index is 2.04. The van der Waals surface area contributed by atoms with E-state index in [1.807, 2.05) is 0 Å². The third kappa shape index (κ3) is 3.33. The monoisotopic (exact) mass is 438 g/mol. The number of hydrogen-bond donors (Lipinski definition) is 2. The Morgan fingerprint density at radius 1 is 1.15 bits per heavy atom. The van der Waals surface area contributed by atoms with Gasteiger partial charge in [0.2, 0.25) is 0 Å². The summed E-state index contributed by atoms with van der Waals surface area (Å²) in [6.45, 7) is 0. The van der Waals surface area contributed by atoms with Crippen molar-refractivity contribution in [1.29, 1.82) is 0 Å². The molecular formula is C17H9BrClFN2O4. The molecule has 1 heterocycles. The van der Waals surface area contributed by atoms with E-state index >= 15 is 0 Å². The van der Waals surface area contributed by atoms with Crippen LogP contribution < -0.4 is 10.2 Å². The molecule has 132 valence electrons. The van der Waals surface area contributed by atoms with E-state index in [4.69, 9.17) is 11.6 Å². The molecule has 0 unspecified atom stereocenters. The van der Waals surface area contributed by atoms with Gasteiger partial charge in [0.15, 0.2) is 0 Å². The van der Waals surface area contributed by atoms with Crippen LogP contribution in [0.15, 0.2) is 46.4 Å². The zero-order chi connectivity index (χ0) is 19.0. The van der Waals surface area contributed by atoms with Gasteiger partial charge in [-0.05, 0) is 64.0 Å². The van der Waals surface area contributed by atoms with E-state index in [0.29, 0.717) is 5.56 Å². The van der Waals surface area contributed by atoms with Crippen molar-refractivity contribution in [1.82, 2.24) is 5.32 Å². The van der Waals surface area contributed by atoms with Crippen LogP contribution in [0, 0.1) is 5.82 Å². The standard InChI is InChI=1S/C17H9BrClFN2O4/c18-12-6-8(7-13(19)14(12)23)5-11-15(24)21-17(26)22(16(11)25)10-3-1-9(20)2-4-10/h1-7,23H,(H,21,24,26)/b11-5+. The Labute approximate surface area is 160 Å². The number of amides is 4. The predicted molar refractivity (Wildman–Crippen MR) is 96.2 cm³/mol. The van der Waals surface area contributed by atoms with Gasteiger partial charge in [-0.25, -0.2) is 14.1 Å². The lowest BCUT2D eigenvalue weighted by molar-refractivity contribution is -0.122. The number of carbonyl (C=O) groups is 3. The number of imide groups is 2. The first-order chi connectivity index (χ1) is 12.3. The number of hydrogen-bond acceptors (Lipinski definition) is 4. The molecule has 0 bridgehead atoms. The van der Waals surface area contributed by atoms with Crippen molar-refractivity contribution >= 4 is 57.1 Å². The number of benzene rings is 2. The van der Waals surface area contributed by atoms with Crippen LogP contribution in [-0.2, 0) is 9.59 Å². The molecular weight excluding hydrogens is 431 g/mol. The third-order valence-electron chi connectivity index (χ3n) is 3.54. The molecule has 0 aromatic heterocycles. The highest BCUT2D eigenvalue weighted by Gasteiger charge is 2.36. The topological polar surface area (TPSA) is 86.7 Å². The number of aromatic hydroxyl groups is 1. The largest absolute Gasteiger partial charge is 0.505 e. The number of nitrogens with one attached hydrogen (secondary N) is 1. The summed E-state index contributed by atoms with van der Waals surface area (Å²) in [5.41, 5.74) is 0.145. The van der Waals surface area contributed by atoms with Crippen LogP contribution in [0.3, 0.4) is 0 Å². The fourth-order valence-corrected chi connectivity index (χ4v) is 3.14. The second kappa shape index (κ2) is 6.89. The number of phenolic OH excluding ortho intramolecular Hbond substituents is 1. The average molecular weight is 440 g/mol. The van der Waals surface area contributed by atoms with Crippen molar-refractivity contribution in [3.05, 3.63) is 62.8 Å². The minimum atomic E-state index is -0.936. The van der Waals surface area contributed by atoms with Gasteiger partial charge < -0.3 is 5.11 Å². The summed E-state index contributed by atoms with van der Waals surface area (Å²) >= 11 is 8.98. The van der Waals surface area contributed by atoms with E-state index in [-0.39, 0.29) is 26.5 Å². The number of nitrogens with zero attached hydrogens (tertiary/aromatic N) is 1. The van der Waals surface area contributed by atoms with Gasteiger partial charge in [0.25, 0.3) is 11.8 Å². The van der Waals surface area contributed by atoms with Gasteiger partial charge in [0.1, 0.15) is 17.1 Å². The van der Waals surface area contributed by atoms with Crippen LogP contribution in [0.2, 0.25) is 5.02 Å². The van der Waals surface area contributed by atoms with Crippen molar-refractivity contribution in [3.8, 4) is 5.75 Å². The van der Waals surface area contributed by atoms with Gasteiger partial charge in [0.05, 0.1) is 15.2 Å². The molecule has 2 aromatic carbocycles. The van der Waals surface area contributed by atoms with Gasteiger partial charge in [-0.3, -0.25) is 14.9 Å². The summed E-state index contributed by atoms with van der Waals surface area (Å²) in [5.74, 6) is -2.46. The van der Waals surface area contributed by atoms with Crippen molar-refractivity contribution < 1.29 is 23.9 Å². The Morgan fingerprint density at radius 3 is 2.42 bits per heavy atom. The van der Waals surface area contributed by atoms with Crippen molar-refractivity contribution in [2.24, 2.45) is 0 Å². The van der Waals surface area contributed by atoms with Gasteiger partial charge in [-0.2, -0.15) is 0 Å². The van der Waals surface area contributed by atoms with Crippen LogP contribution in [0.5, 0.6) is 5.75 Å². The molecule has 0 spiro atoms. The molecule has 26 heavy (non-hydrogen) atoms. The third-order valence-corrected chi connectivity index (χ3v) is 4.43. The van der Waals surface area contributed by atoms with Crippen LogP contribution in [0.4, 0.5) is 14.9 Å². The van der Waals surface area contributed by atoms with E-state index in [9.17, 15) is 23.9 Å². The van der Waals surface area contributed by atoms with Crippen molar-refractivity contribution in [2.75, 3.05) is 4.90 Å². The first-order valence-corrected chi connectivity index (χ1v) is 8.30. The Bertz CT molecular complexity index is 952. The number of anilines is 1. The summed E-state index contributed by atoms with van der Waals surface area (Å²) in [5, 5.41) is 11.7. The SMILES string of the molecule is O=C1NC(=O)N(c2ccc(F)cc2)C(=O)/C1=C/c1cc(Cl)c(O)c(Br)c1. The molecule has 0 atom stereocenters. The van der Waals surface area contributed by atoms with Crippen molar-refractivity contribution in [2.45, 2.75) is 0 Å². The number of carbonyl (C=O) groups excluding carboxylic acids is 3. The fourth-order valence-electron chi connectivity index (χ4n) is 2.32. The van der Waals surface area contributed by atoms with Gasteiger partial charge in [-0.1, -0.05) is 11.6 Å². The number of urea groups is 1. The van der Waals surface area contributed by atoms with E-state index in [1.54, 1.807) is 0 Å². The summed E-state index contributed by atoms with van der Waals surface area (Å²) in [7, 11) is 0. The maximum atomic E-state index is 13.1. The summed E-state index contributed by atoms with van der Waals surface area (Å²) in [6.07, 6.45) is 1.23. The number of phenols is 1. The lowest BCUT2D eigenvalue weighted by atomic mass is 10.1. The number of rotatable bonds is 2. The summed E-state index contributed by atoms with van der Waals surface area (Å²) < 4.78 is 13.3. The zero-order valence-electron chi connectivity index (χ0n) is 12.8. The average Bonchev–Trinajstić information content (AvgIpc) is 2.58. The molecule has 1 aliphatic heterocycles. The van der Waals surface area contributed by atoms with E-state index in [2.05, 4.69) is 21.2 Å². The fraction of sp³-hybridized carbons (Fsp3) is 0. The quantitative estimate of drug-likeness (QED) is 0.553. The molecule has 1 saturated heterocycles. The van der Waals surface area contributed by atoms with Gasteiger partial charge >= 0.3 is 6.03 Å². The molecule has 1 aliphatic rings. The maximum absolute atomic E-state index is 13.1. The Hall–Kier alpha value is -2.71. The summed E-state index contributed by atoms with van der Waals surface area (Å²) in [6, 6.07) is 6.54. The van der Waals surface area contributed by atoms with Crippen LogP contribution in [-0.4, -0.2) is 23.0 Å². The second-order valence-corrected chi connectivity index (χ2v) is 6.53. The highest BCUT2D eigenvalue weighted by atomic mass is 79.9. The molecule has 4 amide bonds. The van der Waals surface area contributed by atoms with E-state index in [0.717, 1.165) is 17.0 Å². The zero-order valence-corrected chi connectivity index (χ0v) is 15.1. The highest BCUT2D eigenvalue weighted by molar-refractivity contribution is 9.10. The summed E-state index contributed by atoms with van der Waals surface area (Å²) in [4.78, 5) is 37.5. The Kier molecular flexibility index (Phi) is 4.80. The number of barbiturate groups is 1. The molecule has 0 radical (unpaired) electrons. The van der Waals surface area contributed by atoms with Crippen molar-refractivity contribution in [3.63, 3.8) is 0 Å². The molecule has 0 aliphatic carbocycles. The van der Waals surface area contributed by atoms with Crippen LogP contribution in [0.1, 0.15) is 5.56 Å². The highest BCUT2D eigenvalue weighted by Crippen LogP contribution is 2.34. The first kappa shape index (κ1) is 18.1. The molecule has 1 fully saturated rings. The molecule has 2 aromatic rings. The predicted octanol–water partition coefficient (Wildman–Crippen LogP) is 3.61. The lowest BCUT2D eigenvalue weighted by Gasteiger charge is -2.26. The maximum Gasteiger partial charge on any atom is 0.335 e. The minimum absolute atomic E-state index is 0.0151. The normalized spacial score (nSPS) is 16.2. The molecule has 3 rings (SSSR count). The smallest absolute Gasteiger partial charge is 0.335 e. The molecule has 9 heteroatoms. The molecule has 2 N–H and O–H groups in total. The van der Waals surface area contributed by atoms with Crippen LogP contribution in [0.25, 0.3) is 6.08 Å². The molecule has 6 nitrogen and oxygen atoms in total. The Morgan fingerprint density at radius 2 is 1.81 bits per heavy atom.